The Hall–Kier alpha value is -1.06. The van der Waals surface area contributed by atoms with E-state index < -0.39 is 9.84 Å². The van der Waals surface area contributed by atoms with E-state index in [-0.39, 0.29) is 5.21 Å². The Labute approximate surface area is 113 Å². The first kappa shape index (κ1) is 13.4. The molecule has 0 spiro atoms. The van der Waals surface area contributed by atoms with Gasteiger partial charge in [-0.05, 0) is 54.3 Å². The Morgan fingerprint density at radius 1 is 1.06 bits per heavy atom. The average Bonchev–Trinajstić information content (AvgIpc) is 2.33. The molecular formula is C14H15ClO2S. The van der Waals surface area contributed by atoms with Crippen molar-refractivity contribution in [2.75, 3.05) is 5.21 Å². The first-order valence-electron chi connectivity index (χ1n) is 5.66. The van der Waals surface area contributed by atoms with Gasteiger partial charge in [0.05, 0.1) is 4.90 Å². The molecule has 18 heavy (non-hydrogen) atoms. The molecule has 0 aliphatic rings. The number of rotatable bonds is 2. The van der Waals surface area contributed by atoms with Gasteiger partial charge in [0.1, 0.15) is 5.21 Å². The number of benzene rings is 2. The van der Waals surface area contributed by atoms with Crippen molar-refractivity contribution in [2.24, 2.45) is 0 Å². The zero-order chi connectivity index (χ0) is 13.5. The standard InChI is InChI=1S/C14H15ClO2S/c1-9-4-5-12-6-10(2)14(18(16,17)8-15)7-13(12)11(9)3/h4-7H,8H2,1-3H3. The largest absolute Gasteiger partial charge is 0.222 e. The summed E-state index contributed by atoms with van der Waals surface area (Å²) in [5.74, 6) is 0. The molecule has 0 saturated heterocycles. The van der Waals surface area contributed by atoms with Gasteiger partial charge in [-0.25, -0.2) is 8.42 Å². The van der Waals surface area contributed by atoms with Crippen LogP contribution in [0.4, 0.5) is 0 Å². The predicted molar refractivity (Wildman–Crippen MR) is 76.1 cm³/mol. The van der Waals surface area contributed by atoms with Gasteiger partial charge in [-0.3, -0.25) is 0 Å². The molecule has 0 aliphatic heterocycles. The van der Waals surface area contributed by atoms with Crippen LogP contribution >= 0.6 is 11.6 Å². The monoisotopic (exact) mass is 282 g/mol. The highest BCUT2D eigenvalue weighted by Crippen LogP contribution is 2.28. The molecule has 2 aromatic carbocycles. The first-order chi connectivity index (χ1) is 8.36. The predicted octanol–water partition coefficient (Wildman–Crippen LogP) is 3.74. The van der Waals surface area contributed by atoms with Crippen molar-refractivity contribution in [2.45, 2.75) is 25.7 Å². The molecule has 0 aliphatic carbocycles. The molecule has 0 saturated carbocycles. The number of sulfone groups is 1. The Morgan fingerprint density at radius 2 is 1.72 bits per heavy atom. The van der Waals surface area contributed by atoms with Gasteiger partial charge in [0.15, 0.2) is 9.84 Å². The number of fused-ring (bicyclic) bond motifs is 1. The second-order valence-corrected chi connectivity index (χ2v) is 7.11. The minimum atomic E-state index is -3.38. The van der Waals surface area contributed by atoms with Gasteiger partial charge in [0, 0.05) is 0 Å². The fraction of sp³-hybridized carbons (Fsp3) is 0.286. The maximum Gasteiger partial charge on any atom is 0.192 e. The summed E-state index contributed by atoms with van der Waals surface area (Å²) < 4.78 is 23.9. The van der Waals surface area contributed by atoms with E-state index in [0.29, 0.717) is 4.90 Å². The molecule has 2 rings (SSSR count). The van der Waals surface area contributed by atoms with E-state index in [9.17, 15) is 8.42 Å². The van der Waals surface area contributed by atoms with Crippen molar-refractivity contribution in [1.29, 1.82) is 0 Å². The lowest BCUT2D eigenvalue weighted by Gasteiger charge is -2.11. The third-order valence-corrected chi connectivity index (χ3v) is 5.59. The minimum Gasteiger partial charge on any atom is -0.222 e. The second-order valence-electron chi connectivity index (χ2n) is 4.57. The van der Waals surface area contributed by atoms with E-state index in [1.54, 1.807) is 13.0 Å². The van der Waals surface area contributed by atoms with E-state index in [1.807, 2.05) is 32.0 Å². The van der Waals surface area contributed by atoms with Gasteiger partial charge >= 0.3 is 0 Å². The van der Waals surface area contributed by atoms with E-state index >= 15 is 0 Å². The van der Waals surface area contributed by atoms with E-state index in [0.717, 1.165) is 27.5 Å². The molecule has 0 unspecified atom stereocenters. The molecule has 0 atom stereocenters. The quantitative estimate of drug-likeness (QED) is 0.787. The minimum absolute atomic E-state index is 0.332. The summed E-state index contributed by atoms with van der Waals surface area (Å²) in [5, 5.41) is 1.65. The lowest BCUT2D eigenvalue weighted by Crippen LogP contribution is -2.04. The molecule has 0 bridgehead atoms. The number of halogens is 1. The van der Waals surface area contributed by atoms with Crippen LogP contribution in [-0.2, 0) is 9.84 Å². The van der Waals surface area contributed by atoms with Crippen LogP contribution < -0.4 is 0 Å². The molecule has 0 amide bonds. The SMILES string of the molecule is Cc1cc2ccc(C)c(C)c2cc1S(=O)(=O)CCl. The van der Waals surface area contributed by atoms with Crippen LogP contribution in [0.1, 0.15) is 16.7 Å². The lowest BCUT2D eigenvalue weighted by atomic mass is 9.99. The normalized spacial score (nSPS) is 12.0. The Kier molecular flexibility index (Phi) is 3.39. The van der Waals surface area contributed by atoms with Crippen molar-refractivity contribution in [1.82, 2.24) is 0 Å². The van der Waals surface area contributed by atoms with Crippen LogP contribution in [0.5, 0.6) is 0 Å². The van der Waals surface area contributed by atoms with Crippen LogP contribution in [0.25, 0.3) is 10.8 Å². The van der Waals surface area contributed by atoms with E-state index in [2.05, 4.69) is 0 Å². The van der Waals surface area contributed by atoms with Crippen molar-refractivity contribution in [3.05, 3.63) is 41.0 Å². The highest BCUT2D eigenvalue weighted by Gasteiger charge is 2.17. The zero-order valence-electron chi connectivity index (χ0n) is 10.6. The molecule has 0 aromatic heterocycles. The van der Waals surface area contributed by atoms with Crippen LogP contribution in [0.15, 0.2) is 29.2 Å². The fourth-order valence-electron chi connectivity index (χ4n) is 2.12. The fourth-order valence-corrected chi connectivity index (χ4v) is 3.44. The van der Waals surface area contributed by atoms with E-state index in [4.69, 9.17) is 11.6 Å². The topological polar surface area (TPSA) is 34.1 Å². The van der Waals surface area contributed by atoms with Crippen molar-refractivity contribution in [3.8, 4) is 0 Å². The lowest BCUT2D eigenvalue weighted by molar-refractivity contribution is 0.600. The summed E-state index contributed by atoms with van der Waals surface area (Å²) in [6.45, 7) is 5.82. The molecular weight excluding hydrogens is 268 g/mol. The molecule has 0 N–H and O–H groups in total. The van der Waals surface area contributed by atoms with Crippen LogP contribution in [0, 0.1) is 20.8 Å². The number of hydrogen-bond acceptors (Lipinski definition) is 2. The molecule has 0 fully saturated rings. The summed E-state index contributed by atoms with van der Waals surface area (Å²) in [4.78, 5) is 0.332. The molecule has 0 radical (unpaired) electrons. The van der Waals surface area contributed by atoms with Gasteiger partial charge in [-0.2, -0.15) is 0 Å². The van der Waals surface area contributed by atoms with Crippen molar-refractivity contribution >= 4 is 32.2 Å². The van der Waals surface area contributed by atoms with Crippen LogP contribution in [0.2, 0.25) is 0 Å². The molecule has 4 heteroatoms. The van der Waals surface area contributed by atoms with Gasteiger partial charge in [-0.1, -0.05) is 18.2 Å². The van der Waals surface area contributed by atoms with E-state index in [1.165, 1.54) is 0 Å². The molecule has 96 valence electrons. The van der Waals surface area contributed by atoms with Gasteiger partial charge < -0.3 is 0 Å². The first-order valence-corrected chi connectivity index (χ1v) is 7.85. The summed E-state index contributed by atoms with van der Waals surface area (Å²) >= 11 is 5.53. The van der Waals surface area contributed by atoms with Crippen molar-refractivity contribution in [3.63, 3.8) is 0 Å². The Morgan fingerprint density at radius 3 is 2.33 bits per heavy atom. The summed E-state index contributed by atoms with van der Waals surface area (Å²) in [6, 6.07) is 7.71. The summed E-state index contributed by atoms with van der Waals surface area (Å²) in [7, 11) is -3.38. The van der Waals surface area contributed by atoms with Crippen LogP contribution in [-0.4, -0.2) is 13.6 Å². The smallest absolute Gasteiger partial charge is 0.192 e. The highest BCUT2D eigenvalue weighted by atomic mass is 35.5. The van der Waals surface area contributed by atoms with Crippen LogP contribution in [0.3, 0.4) is 0 Å². The van der Waals surface area contributed by atoms with Gasteiger partial charge in [-0.15, -0.1) is 11.6 Å². The maximum absolute atomic E-state index is 11.9. The number of hydrogen-bond donors (Lipinski definition) is 0. The zero-order valence-corrected chi connectivity index (χ0v) is 12.2. The number of aryl methyl sites for hydroxylation is 3. The van der Waals surface area contributed by atoms with Gasteiger partial charge in [0.2, 0.25) is 0 Å². The second kappa shape index (κ2) is 4.56. The maximum atomic E-state index is 11.9. The van der Waals surface area contributed by atoms with Gasteiger partial charge in [0.25, 0.3) is 0 Å². The molecule has 0 heterocycles. The third kappa shape index (κ3) is 2.13. The number of alkyl halides is 1. The Balaban J connectivity index is 2.87. The van der Waals surface area contributed by atoms with Crippen molar-refractivity contribution < 1.29 is 8.42 Å². The molecule has 2 aromatic rings. The third-order valence-electron chi connectivity index (χ3n) is 3.33. The highest BCUT2D eigenvalue weighted by molar-refractivity contribution is 7.92. The summed E-state index contributed by atoms with van der Waals surface area (Å²) in [6.07, 6.45) is 0. The summed E-state index contributed by atoms with van der Waals surface area (Å²) in [5.41, 5.74) is 3.01. The average molecular weight is 283 g/mol. The Bertz CT molecular complexity index is 718. The molecule has 2 nitrogen and oxygen atoms in total.